The van der Waals surface area contributed by atoms with Crippen LogP contribution in [0.1, 0.15) is 31.7 Å². The van der Waals surface area contributed by atoms with Crippen LogP contribution in [0.15, 0.2) is 36.9 Å². The summed E-state index contributed by atoms with van der Waals surface area (Å²) in [6.07, 6.45) is 4.02. The van der Waals surface area contributed by atoms with Gasteiger partial charge in [0, 0.05) is 19.1 Å². The van der Waals surface area contributed by atoms with Gasteiger partial charge in [-0.25, -0.2) is 0 Å². The SMILES string of the molecule is C=C(CN(CC)CC1CCCCN1)c1ccccc1. The summed E-state index contributed by atoms with van der Waals surface area (Å²) in [5.41, 5.74) is 2.48. The summed E-state index contributed by atoms with van der Waals surface area (Å²) in [5, 5.41) is 3.63. The molecule has 1 N–H and O–H groups in total. The fourth-order valence-corrected chi connectivity index (χ4v) is 2.73. The molecule has 1 aliphatic heterocycles. The van der Waals surface area contributed by atoms with Gasteiger partial charge in [-0.2, -0.15) is 0 Å². The van der Waals surface area contributed by atoms with E-state index in [1.807, 2.05) is 0 Å². The van der Waals surface area contributed by atoms with Gasteiger partial charge < -0.3 is 5.32 Å². The monoisotopic (exact) mass is 258 g/mol. The highest BCUT2D eigenvalue weighted by atomic mass is 15.1. The maximum absolute atomic E-state index is 4.24. The third-order valence-electron chi connectivity index (χ3n) is 3.93. The number of nitrogens with one attached hydrogen (secondary N) is 1. The first kappa shape index (κ1) is 14.3. The maximum atomic E-state index is 4.24. The molecule has 19 heavy (non-hydrogen) atoms. The normalized spacial score (nSPS) is 19.6. The number of hydrogen-bond acceptors (Lipinski definition) is 2. The van der Waals surface area contributed by atoms with Crippen molar-refractivity contribution in [3.05, 3.63) is 42.5 Å². The first-order chi connectivity index (χ1) is 9.29. The molecule has 1 heterocycles. The lowest BCUT2D eigenvalue weighted by Crippen LogP contribution is -2.44. The second-order valence-corrected chi connectivity index (χ2v) is 5.44. The van der Waals surface area contributed by atoms with E-state index in [9.17, 15) is 0 Å². The quantitative estimate of drug-likeness (QED) is 0.843. The van der Waals surface area contributed by atoms with E-state index in [1.54, 1.807) is 0 Å². The Morgan fingerprint density at radius 1 is 1.32 bits per heavy atom. The molecule has 1 aliphatic rings. The molecule has 1 unspecified atom stereocenters. The Hall–Kier alpha value is -1.12. The number of hydrogen-bond donors (Lipinski definition) is 1. The smallest absolute Gasteiger partial charge is 0.0234 e. The minimum absolute atomic E-state index is 0.664. The van der Waals surface area contributed by atoms with Gasteiger partial charge >= 0.3 is 0 Å². The number of rotatable bonds is 6. The van der Waals surface area contributed by atoms with Gasteiger partial charge in [0.1, 0.15) is 0 Å². The summed E-state index contributed by atoms with van der Waals surface area (Å²) >= 11 is 0. The van der Waals surface area contributed by atoms with Crippen molar-refractivity contribution < 1.29 is 0 Å². The maximum Gasteiger partial charge on any atom is 0.0234 e. The van der Waals surface area contributed by atoms with Crippen molar-refractivity contribution >= 4 is 5.57 Å². The fraction of sp³-hybridized carbons (Fsp3) is 0.529. The van der Waals surface area contributed by atoms with Crippen LogP contribution in [-0.2, 0) is 0 Å². The zero-order valence-electron chi connectivity index (χ0n) is 12.1. The van der Waals surface area contributed by atoms with Gasteiger partial charge in [0.25, 0.3) is 0 Å². The summed E-state index contributed by atoms with van der Waals surface area (Å²) in [6.45, 7) is 10.9. The molecule has 1 aromatic rings. The average Bonchev–Trinajstić information content (AvgIpc) is 2.48. The van der Waals surface area contributed by atoms with E-state index in [0.717, 1.165) is 19.6 Å². The van der Waals surface area contributed by atoms with Crippen LogP contribution < -0.4 is 5.32 Å². The van der Waals surface area contributed by atoms with Crippen molar-refractivity contribution in [3.63, 3.8) is 0 Å². The van der Waals surface area contributed by atoms with Crippen LogP contribution in [0.2, 0.25) is 0 Å². The van der Waals surface area contributed by atoms with Crippen LogP contribution in [0, 0.1) is 0 Å². The van der Waals surface area contributed by atoms with Gasteiger partial charge in [0.2, 0.25) is 0 Å². The van der Waals surface area contributed by atoms with E-state index < -0.39 is 0 Å². The second-order valence-electron chi connectivity index (χ2n) is 5.44. The third-order valence-corrected chi connectivity index (χ3v) is 3.93. The van der Waals surface area contributed by atoms with Gasteiger partial charge in [0.05, 0.1) is 0 Å². The van der Waals surface area contributed by atoms with Crippen LogP contribution in [0.25, 0.3) is 5.57 Å². The highest BCUT2D eigenvalue weighted by Crippen LogP contribution is 2.15. The van der Waals surface area contributed by atoms with E-state index in [4.69, 9.17) is 0 Å². The van der Waals surface area contributed by atoms with Crippen LogP contribution >= 0.6 is 0 Å². The summed E-state index contributed by atoms with van der Waals surface area (Å²) in [4.78, 5) is 2.50. The molecule has 0 amide bonds. The lowest BCUT2D eigenvalue weighted by molar-refractivity contribution is 0.255. The standard InChI is InChI=1S/C17H26N2/c1-3-19(14-17-11-7-8-12-18-17)13-15(2)16-9-5-4-6-10-16/h4-6,9-10,17-18H,2-3,7-8,11-14H2,1H3. The summed E-state index contributed by atoms with van der Waals surface area (Å²) in [7, 11) is 0. The van der Waals surface area contributed by atoms with Crippen LogP contribution in [0.3, 0.4) is 0 Å². The molecule has 2 heteroatoms. The minimum Gasteiger partial charge on any atom is -0.313 e. The Kier molecular flexibility index (Phi) is 5.62. The highest BCUT2D eigenvalue weighted by Gasteiger charge is 2.16. The van der Waals surface area contributed by atoms with Crippen LogP contribution in [-0.4, -0.2) is 37.1 Å². The van der Waals surface area contributed by atoms with E-state index in [2.05, 4.69) is 54.1 Å². The van der Waals surface area contributed by atoms with E-state index in [0.29, 0.717) is 6.04 Å². The molecule has 0 spiro atoms. The molecule has 2 nitrogen and oxygen atoms in total. The van der Waals surface area contributed by atoms with E-state index in [1.165, 1.54) is 36.9 Å². The topological polar surface area (TPSA) is 15.3 Å². The molecule has 1 aromatic carbocycles. The van der Waals surface area contributed by atoms with Gasteiger partial charge in [-0.05, 0) is 37.1 Å². The van der Waals surface area contributed by atoms with E-state index in [-0.39, 0.29) is 0 Å². The summed E-state index contributed by atoms with van der Waals surface area (Å²) in [6, 6.07) is 11.2. The average molecular weight is 258 g/mol. The van der Waals surface area contributed by atoms with Crippen molar-refractivity contribution in [3.8, 4) is 0 Å². The van der Waals surface area contributed by atoms with Crippen molar-refractivity contribution in [1.29, 1.82) is 0 Å². The lowest BCUT2D eigenvalue weighted by Gasteiger charge is -2.30. The number of likely N-dealkylation sites (N-methyl/N-ethyl adjacent to an activating group) is 1. The molecule has 1 fully saturated rings. The van der Waals surface area contributed by atoms with Crippen molar-refractivity contribution in [2.75, 3.05) is 26.2 Å². The largest absolute Gasteiger partial charge is 0.313 e. The van der Waals surface area contributed by atoms with Crippen molar-refractivity contribution in [2.45, 2.75) is 32.2 Å². The predicted octanol–water partition coefficient (Wildman–Crippen LogP) is 3.16. The Labute approximate surface area is 117 Å². The minimum atomic E-state index is 0.664. The molecule has 0 bridgehead atoms. The number of benzene rings is 1. The van der Waals surface area contributed by atoms with Crippen LogP contribution in [0.5, 0.6) is 0 Å². The first-order valence-corrected chi connectivity index (χ1v) is 7.48. The summed E-state index contributed by atoms with van der Waals surface area (Å²) < 4.78 is 0. The Morgan fingerprint density at radius 3 is 2.74 bits per heavy atom. The van der Waals surface area contributed by atoms with Gasteiger partial charge in [-0.3, -0.25) is 4.90 Å². The molecular weight excluding hydrogens is 232 g/mol. The molecule has 0 aromatic heterocycles. The number of nitrogens with zero attached hydrogens (tertiary/aromatic N) is 1. The fourth-order valence-electron chi connectivity index (χ4n) is 2.73. The van der Waals surface area contributed by atoms with Gasteiger partial charge in [0.15, 0.2) is 0 Å². The van der Waals surface area contributed by atoms with Gasteiger partial charge in [-0.1, -0.05) is 50.3 Å². The Morgan fingerprint density at radius 2 is 2.11 bits per heavy atom. The van der Waals surface area contributed by atoms with Crippen molar-refractivity contribution in [1.82, 2.24) is 10.2 Å². The molecule has 2 rings (SSSR count). The molecule has 1 saturated heterocycles. The molecule has 104 valence electrons. The number of piperidine rings is 1. The zero-order valence-corrected chi connectivity index (χ0v) is 12.1. The first-order valence-electron chi connectivity index (χ1n) is 7.48. The second kappa shape index (κ2) is 7.46. The third kappa shape index (κ3) is 4.48. The molecular formula is C17H26N2. The Bertz CT molecular complexity index is 380. The summed E-state index contributed by atoms with van der Waals surface area (Å²) in [5.74, 6) is 0. The zero-order chi connectivity index (χ0) is 13.5. The molecule has 1 atom stereocenters. The predicted molar refractivity (Wildman–Crippen MR) is 83.2 cm³/mol. The molecule has 0 aliphatic carbocycles. The van der Waals surface area contributed by atoms with Gasteiger partial charge in [-0.15, -0.1) is 0 Å². The van der Waals surface area contributed by atoms with Crippen molar-refractivity contribution in [2.24, 2.45) is 0 Å². The van der Waals surface area contributed by atoms with E-state index >= 15 is 0 Å². The Balaban J connectivity index is 1.86. The van der Waals surface area contributed by atoms with Crippen LogP contribution in [0.4, 0.5) is 0 Å². The molecule has 0 radical (unpaired) electrons. The highest BCUT2D eigenvalue weighted by molar-refractivity contribution is 5.64. The molecule has 0 saturated carbocycles. The lowest BCUT2D eigenvalue weighted by atomic mass is 10.0.